The molecule has 1 fully saturated rings. The second kappa shape index (κ2) is 6.48. The van der Waals surface area contributed by atoms with Crippen LogP contribution in [-0.2, 0) is 16.0 Å². The molecule has 0 aliphatic heterocycles. The van der Waals surface area contributed by atoms with Gasteiger partial charge in [-0.25, -0.2) is 0 Å². The summed E-state index contributed by atoms with van der Waals surface area (Å²) in [4.78, 5) is 23.6. The molecule has 2 rings (SSSR count). The fraction of sp³-hybridized carbons (Fsp3) is 0.500. The van der Waals surface area contributed by atoms with Gasteiger partial charge in [0.2, 0.25) is 5.91 Å². The summed E-state index contributed by atoms with van der Waals surface area (Å²) in [5, 5.41) is 13.0. The summed E-state index contributed by atoms with van der Waals surface area (Å²) in [6.45, 7) is 1.72. The molecule has 2 unspecified atom stereocenters. The highest BCUT2D eigenvalue weighted by Crippen LogP contribution is 2.36. The lowest BCUT2D eigenvalue weighted by Crippen LogP contribution is -2.52. The van der Waals surface area contributed by atoms with Gasteiger partial charge < -0.3 is 10.4 Å². The van der Waals surface area contributed by atoms with E-state index in [1.165, 1.54) is 0 Å². The third-order valence-electron chi connectivity index (χ3n) is 4.31. The normalized spacial score (nSPS) is 25.3. The lowest BCUT2D eigenvalue weighted by molar-refractivity contribution is -0.152. The molecule has 1 aromatic carbocycles. The molecule has 0 saturated heterocycles. The van der Waals surface area contributed by atoms with E-state index in [2.05, 4.69) is 5.32 Å². The van der Waals surface area contributed by atoms with Gasteiger partial charge in [0.05, 0.1) is 11.8 Å². The van der Waals surface area contributed by atoms with Crippen LogP contribution in [0.15, 0.2) is 24.3 Å². The first-order valence-corrected chi connectivity index (χ1v) is 7.57. The molecular weight excluding hydrogens is 290 g/mol. The third-order valence-corrected chi connectivity index (χ3v) is 4.56. The molecule has 1 saturated carbocycles. The first-order valence-electron chi connectivity index (χ1n) is 7.19. The molecule has 21 heavy (non-hydrogen) atoms. The molecule has 1 aliphatic rings. The number of carboxylic acid groups (broad SMARTS) is 1. The Morgan fingerprint density at radius 3 is 2.62 bits per heavy atom. The van der Waals surface area contributed by atoms with Crippen molar-refractivity contribution in [3.05, 3.63) is 34.9 Å². The number of hydrogen-bond acceptors (Lipinski definition) is 2. The van der Waals surface area contributed by atoms with Gasteiger partial charge in [0, 0.05) is 11.1 Å². The number of rotatable bonds is 4. The van der Waals surface area contributed by atoms with Crippen molar-refractivity contribution >= 4 is 23.5 Å². The molecule has 0 heterocycles. The van der Waals surface area contributed by atoms with Gasteiger partial charge >= 0.3 is 5.97 Å². The Morgan fingerprint density at radius 2 is 2.00 bits per heavy atom. The number of carboxylic acids is 1. The number of hydrogen-bond donors (Lipinski definition) is 2. The Morgan fingerprint density at radius 1 is 1.33 bits per heavy atom. The molecule has 0 radical (unpaired) electrons. The summed E-state index contributed by atoms with van der Waals surface area (Å²) >= 11 is 5.81. The minimum absolute atomic E-state index is 0.142. The Labute approximate surface area is 129 Å². The summed E-state index contributed by atoms with van der Waals surface area (Å²) in [5.41, 5.74) is -0.00166. The predicted octanol–water partition coefficient (Wildman–Crippen LogP) is 3.03. The van der Waals surface area contributed by atoms with Gasteiger partial charge in [-0.15, -0.1) is 0 Å². The monoisotopic (exact) mass is 309 g/mol. The minimum atomic E-state index is -0.867. The van der Waals surface area contributed by atoms with Gasteiger partial charge in [-0.1, -0.05) is 36.6 Å². The highest BCUT2D eigenvalue weighted by molar-refractivity contribution is 6.30. The molecule has 2 N–H and O–H groups in total. The van der Waals surface area contributed by atoms with Crippen molar-refractivity contribution in [1.29, 1.82) is 0 Å². The SMILES string of the molecule is CC1(C(=O)O)CCCCC1NC(=O)Cc1ccc(Cl)cc1. The van der Waals surface area contributed by atoms with Crippen LogP contribution in [0, 0.1) is 5.41 Å². The van der Waals surface area contributed by atoms with Crippen LogP contribution in [0.2, 0.25) is 5.02 Å². The lowest BCUT2D eigenvalue weighted by atomic mass is 9.71. The van der Waals surface area contributed by atoms with E-state index in [4.69, 9.17) is 11.6 Å². The predicted molar refractivity (Wildman–Crippen MR) is 81.3 cm³/mol. The fourth-order valence-electron chi connectivity index (χ4n) is 2.85. The van der Waals surface area contributed by atoms with E-state index < -0.39 is 11.4 Å². The standard InChI is InChI=1S/C16H20ClNO3/c1-16(15(20)21)9-3-2-4-13(16)18-14(19)10-11-5-7-12(17)8-6-11/h5-8,13H,2-4,9-10H2,1H3,(H,18,19)(H,20,21). The number of benzene rings is 1. The third kappa shape index (κ3) is 3.76. The number of nitrogens with one attached hydrogen (secondary N) is 1. The van der Waals surface area contributed by atoms with Crippen LogP contribution in [0.5, 0.6) is 0 Å². The minimum Gasteiger partial charge on any atom is -0.481 e. The lowest BCUT2D eigenvalue weighted by Gasteiger charge is -2.38. The van der Waals surface area contributed by atoms with Crippen LogP contribution in [0.1, 0.15) is 38.2 Å². The molecule has 2 atom stereocenters. The van der Waals surface area contributed by atoms with Crippen molar-refractivity contribution in [2.45, 2.75) is 45.1 Å². The average Bonchev–Trinajstić information content (AvgIpc) is 2.44. The quantitative estimate of drug-likeness (QED) is 0.898. The van der Waals surface area contributed by atoms with E-state index in [0.29, 0.717) is 11.4 Å². The molecule has 0 spiro atoms. The van der Waals surface area contributed by atoms with Crippen LogP contribution >= 0.6 is 11.6 Å². The smallest absolute Gasteiger partial charge is 0.311 e. The van der Waals surface area contributed by atoms with E-state index in [1.54, 1.807) is 31.2 Å². The van der Waals surface area contributed by atoms with Crippen LogP contribution in [0.4, 0.5) is 0 Å². The maximum absolute atomic E-state index is 12.1. The van der Waals surface area contributed by atoms with Gasteiger partial charge in [-0.2, -0.15) is 0 Å². The highest BCUT2D eigenvalue weighted by atomic mass is 35.5. The number of carbonyl (C=O) groups excluding carboxylic acids is 1. The van der Waals surface area contributed by atoms with E-state index in [-0.39, 0.29) is 18.4 Å². The average molecular weight is 310 g/mol. The zero-order valence-electron chi connectivity index (χ0n) is 12.1. The van der Waals surface area contributed by atoms with Crippen molar-refractivity contribution in [1.82, 2.24) is 5.32 Å². The highest BCUT2D eigenvalue weighted by Gasteiger charge is 2.43. The molecular formula is C16H20ClNO3. The maximum Gasteiger partial charge on any atom is 0.311 e. The van der Waals surface area contributed by atoms with E-state index >= 15 is 0 Å². The van der Waals surface area contributed by atoms with Gasteiger partial charge in [0.15, 0.2) is 0 Å². The summed E-state index contributed by atoms with van der Waals surface area (Å²) in [7, 11) is 0. The number of halogens is 1. The van der Waals surface area contributed by atoms with Crippen LogP contribution in [0.3, 0.4) is 0 Å². The Kier molecular flexibility index (Phi) is 4.88. The summed E-state index contributed by atoms with van der Waals surface area (Å²) < 4.78 is 0. The maximum atomic E-state index is 12.1. The van der Waals surface area contributed by atoms with Crippen LogP contribution in [-0.4, -0.2) is 23.0 Å². The van der Waals surface area contributed by atoms with Gasteiger partial charge in [0.25, 0.3) is 0 Å². The topological polar surface area (TPSA) is 66.4 Å². The van der Waals surface area contributed by atoms with Crippen molar-refractivity contribution in [3.63, 3.8) is 0 Å². The number of amides is 1. The first kappa shape index (κ1) is 15.8. The van der Waals surface area contributed by atoms with Crippen molar-refractivity contribution in [2.24, 2.45) is 5.41 Å². The van der Waals surface area contributed by atoms with Crippen molar-refractivity contribution < 1.29 is 14.7 Å². The van der Waals surface area contributed by atoms with Crippen LogP contribution in [0.25, 0.3) is 0 Å². The molecule has 1 amide bonds. The van der Waals surface area contributed by atoms with E-state index in [9.17, 15) is 14.7 Å². The molecule has 1 aliphatic carbocycles. The Bertz CT molecular complexity index is 529. The molecule has 0 aromatic heterocycles. The van der Waals surface area contributed by atoms with Gasteiger partial charge in [0.1, 0.15) is 0 Å². The summed E-state index contributed by atoms with van der Waals surface area (Å²) in [6.07, 6.45) is 3.41. The first-order chi connectivity index (χ1) is 9.91. The van der Waals surface area contributed by atoms with Gasteiger partial charge in [-0.05, 0) is 37.5 Å². The molecule has 0 bridgehead atoms. The second-order valence-electron chi connectivity index (χ2n) is 5.89. The Balaban J connectivity index is 2.00. The number of aliphatic carboxylic acids is 1. The largest absolute Gasteiger partial charge is 0.481 e. The van der Waals surface area contributed by atoms with Crippen molar-refractivity contribution in [2.75, 3.05) is 0 Å². The molecule has 1 aromatic rings. The van der Waals surface area contributed by atoms with E-state index in [1.807, 2.05) is 0 Å². The van der Waals surface area contributed by atoms with Gasteiger partial charge in [-0.3, -0.25) is 9.59 Å². The molecule has 114 valence electrons. The molecule has 5 heteroatoms. The Hall–Kier alpha value is -1.55. The fourth-order valence-corrected chi connectivity index (χ4v) is 2.98. The summed E-state index contributed by atoms with van der Waals surface area (Å²) in [6, 6.07) is 6.79. The van der Waals surface area contributed by atoms with Crippen molar-refractivity contribution in [3.8, 4) is 0 Å². The summed E-state index contributed by atoms with van der Waals surface area (Å²) in [5.74, 6) is -0.976. The zero-order chi connectivity index (χ0) is 15.5. The second-order valence-corrected chi connectivity index (χ2v) is 6.33. The van der Waals surface area contributed by atoms with E-state index in [0.717, 1.165) is 24.8 Å². The van der Waals surface area contributed by atoms with Crippen LogP contribution < -0.4 is 5.32 Å². The zero-order valence-corrected chi connectivity index (χ0v) is 12.8. The number of carbonyl (C=O) groups is 2. The molecule has 4 nitrogen and oxygen atoms in total.